The molecule has 1 aromatic heterocycles. The summed E-state index contributed by atoms with van der Waals surface area (Å²) < 4.78 is 0. The highest BCUT2D eigenvalue weighted by molar-refractivity contribution is 5.98. The van der Waals surface area contributed by atoms with Crippen molar-refractivity contribution in [3.05, 3.63) is 58.4 Å². The molecule has 0 atom stereocenters. The zero-order valence-corrected chi connectivity index (χ0v) is 11.6. The topological polar surface area (TPSA) is 42.9 Å². The van der Waals surface area contributed by atoms with Crippen LogP contribution in [0.4, 0.5) is 0 Å². The third kappa shape index (κ3) is 3.25. The van der Waals surface area contributed by atoms with E-state index in [1.54, 1.807) is 0 Å². The summed E-state index contributed by atoms with van der Waals surface area (Å²) in [4.78, 5) is 12.4. The molecule has 0 bridgehead atoms. The minimum absolute atomic E-state index is 0.112. The van der Waals surface area contributed by atoms with E-state index in [0.29, 0.717) is 12.0 Å². The molecule has 2 aromatic rings. The molecular weight excluding hydrogens is 236 g/mol. The van der Waals surface area contributed by atoms with Crippen molar-refractivity contribution in [1.82, 2.24) is 10.2 Å². The summed E-state index contributed by atoms with van der Waals surface area (Å²) in [6.07, 6.45) is 1.14. The number of benzene rings is 1. The van der Waals surface area contributed by atoms with Crippen molar-refractivity contribution in [1.29, 1.82) is 0 Å². The fourth-order valence-electron chi connectivity index (χ4n) is 2.12. The Kier molecular flexibility index (Phi) is 4.05. The highest BCUT2D eigenvalue weighted by Gasteiger charge is 2.13. The molecule has 19 heavy (non-hydrogen) atoms. The Morgan fingerprint density at radius 3 is 2.63 bits per heavy atom. The maximum atomic E-state index is 12.4. The first kappa shape index (κ1) is 13.4. The summed E-state index contributed by atoms with van der Waals surface area (Å²) in [5, 5.41) is 8.12. The average Bonchev–Trinajstić information content (AvgIpc) is 2.38. The molecule has 3 nitrogen and oxygen atoms in total. The quantitative estimate of drug-likeness (QED) is 0.787. The van der Waals surface area contributed by atoms with Gasteiger partial charge in [0.05, 0.1) is 11.4 Å². The normalized spacial score (nSPS) is 10.5. The van der Waals surface area contributed by atoms with Gasteiger partial charge in [0.15, 0.2) is 5.78 Å². The first-order valence-electron chi connectivity index (χ1n) is 6.52. The fraction of sp³-hybridized carbons (Fsp3) is 0.312. The van der Waals surface area contributed by atoms with Crippen molar-refractivity contribution in [2.75, 3.05) is 0 Å². The fourth-order valence-corrected chi connectivity index (χ4v) is 2.12. The van der Waals surface area contributed by atoms with Gasteiger partial charge >= 0.3 is 0 Å². The second kappa shape index (κ2) is 5.74. The van der Waals surface area contributed by atoms with Crippen LogP contribution in [0.25, 0.3) is 0 Å². The maximum Gasteiger partial charge on any atom is 0.169 e. The van der Waals surface area contributed by atoms with Crippen molar-refractivity contribution in [2.45, 2.75) is 33.6 Å². The van der Waals surface area contributed by atoms with Gasteiger partial charge in [0.2, 0.25) is 0 Å². The molecule has 0 N–H and O–H groups in total. The van der Waals surface area contributed by atoms with Gasteiger partial charge in [-0.15, -0.1) is 0 Å². The minimum Gasteiger partial charge on any atom is -0.294 e. The van der Waals surface area contributed by atoms with Gasteiger partial charge in [0.25, 0.3) is 0 Å². The zero-order valence-electron chi connectivity index (χ0n) is 11.6. The molecule has 0 saturated carbocycles. The number of ketones is 1. The van der Waals surface area contributed by atoms with Crippen LogP contribution in [0.2, 0.25) is 0 Å². The zero-order chi connectivity index (χ0) is 13.8. The molecule has 0 saturated heterocycles. The van der Waals surface area contributed by atoms with Gasteiger partial charge in [0.1, 0.15) is 0 Å². The molecule has 98 valence electrons. The molecule has 0 aliphatic carbocycles. The van der Waals surface area contributed by atoms with Crippen LogP contribution in [0.3, 0.4) is 0 Å². The lowest BCUT2D eigenvalue weighted by Gasteiger charge is -2.07. The van der Waals surface area contributed by atoms with Crippen LogP contribution >= 0.6 is 0 Å². The lowest BCUT2D eigenvalue weighted by molar-refractivity contribution is 0.0991. The lowest BCUT2D eigenvalue weighted by atomic mass is 10.00. The number of nitrogens with zero attached hydrogens (tertiary/aromatic N) is 2. The molecule has 3 heteroatoms. The Balaban J connectivity index is 2.27. The molecular formula is C16H18N2O. The number of carbonyl (C=O) groups excluding carboxylic acids is 1. The first-order valence-corrected chi connectivity index (χ1v) is 6.52. The second-order valence-electron chi connectivity index (χ2n) is 4.79. The number of hydrogen-bond acceptors (Lipinski definition) is 3. The van der Waals surface area contributed by atoms with Gasteiger partial charge in [-0.3, -0.25) is 4.79 Å². The highest BCUT2D eigenvalue weighted by Crippen LogP contribution is 2.13. The van der Waals surface area contributed by atoms with Crippen LogP contribution in [0.1, 0.15) is 39.8 Å². The number of aromatic nitrogens is 2. The molecule has 2 rings (SSSR count). The monoisotopic (exact) mass is 254 g/mol. The molecule has 1 aromatic carbocycles. The Bertz CT molecular complexity index is 605. The van der Waals surface area contributed by atoms with Gasteiger partial charge in [-0.1, -0.05) is 36.8 Å². The van der Waals surface area contributed by atoms with Crippen LogP contribution in [0, 0.1) is 13.8 Å². The van der Waals surface area contributed by atoms with E-state index in [1.807, 2.05) is 51.1 Å². The molecule has 0 unspecified atom stereocenters. The third-order valence-corrected chi connectivity index (χ3v) is 3.08. The van der Waals surface area contributed by atoms with Crippen molar-refractivity contribution in [3.63, 3.8) is 0 Å². The molecule has 0 aliphatic rings. The molecule has 0 radical (unpaired) electrons. The molecule has 0 fully saturated rings. The number of hydrogen-bond donors (Lipinski definition) is 0. The predicted molar refractivity (Wildman–Crippen MR) is 75.4 cm³/mol. The Morgan fingerprint density at radius 1 is 1.16 bits per heavy atom. The number of carbonyl (C=O) groups is 1. The van der Waals surface area contributed by atoms with E-state index in [1.165, 1.54) is 5.56 Å². The summed E-state index contributed by atoms with van der Waals surface area (Å²) in [6.45, 7) is 5.88. The third-order valence-electron chi connectivity index (χ3n) is 3.08. The average molecular weight is 254 g/mol. The largest absolute Gasteiger partial charge is 0.294 e. The first-order chi connectivity index (χ1) is 9.10. The maximum absolute atomic E-state index is 12.4. The van der Waals surface area contributed by atoms with Crippen molar-refractivity contribution in [2.24, 2.45) is 0 Å². The SMILES string of the molecule is CCc1nnc(C)cc1C(=O)Cc1cccc(C)c1. The van der Waals surface area contributed by atoms with Gasteiger partial charge in [-0.25, -0.2) is 0 Å². The molecule has 0 amide bonds. The molecule has 1 heterocycles. The number of Topliss-reactive ketones (excluding diaryl/α,β-unsaturated/α-hetero) is 1. The van der Waals surface area contributed by atoms with Gasteiger partial charge < -0.3 is 0 Å². The van der Waals surface area contributed by atoms with Crippen molar-refractivity contribution < 1.29 is 4.79 Å². The van der Waals surface area contributed by atoms with Crippen LogP contribution in [-0.2, 0) is 12.8 Å². The molecule has 0 aliphatic heterocycles. The van der Waals surface area contributed by atoms with Crippen LogP contribution in [0.15, 0.2) is 30.3 Å². The summed E-state index contributed by atoms with van der Waals surface area (Å²) >= 11 is 0. The second-order valence-corrected chi connectivity index (χ2v) is 4.79. The lowest BCUT2D eigenvalue weighted by Crippen LogP contribution is -2.10. The summed E-state index contributed by atoms with van der Waals surface area (Å²) in [5.41, 5.74) is 4.48. The Labute approximate surface area is 113 Å². The van der Waals surface area contributed by atoms with E-state index in [2.05, 4.69) is 10.2 Å². The standard InChI is InChI=1S/C16H18N2O/c1-4-15-14(9-12(3)17-18-15)16(19)10-13-7-5-6-11(2)8-13/h5-9H,4,10H2,1-3H3. The number of rotatable bonds is 4. The summed E-state index contributed by atoms with van der Waals surface area (Å²) in [6, 6.07) is 9.88. The van der Waals surface area contributed by atoms with Crippen molar-refractivity contribution in [3.8, 4) is 0 Å². The van der Waals surface area contributed by atoms with E-state index in [0.717, 1.165) is 23.4 Å². The highest BCUT2D eigenvalue weighted by atomic mass is 16.1. The van der Waals surface area contributed by atoms with E-state index < -0.39 is 0 Å². The van der Waals surface area contributed by atoms with Crippen molar-refractivity contribution >= 4 is 5.78 Å². The van der Waals surface area contributed by atoms with Crippen LogP contribution < -0.4 is 0 Å². The molecule has 0 spiro atoms. The predicted octanol–water partition coefficient (Wildman–Crippen LogP) is 3.08. The van der Waals surface area contributed by atoms with Gasteiger partial charge in [0, 0.05) is 12.0 Å². The summed E-state index contributed by atoms with van der Waals surface area (Å²) in [7, 11) is 0. The minimum atomic E-state index is 0.112. The number of aryl methyl sites for hydroxylation is 3. The van der Waals surface area contributed by atoms with E-state index in [-0.39, 0.29) is 5.78 Å². The van der Waals surface area contributed by atoms with Crippen LogP contribution in [-0.4, -0.2) is 16.0 Å². The Hall–Kier alpha value is -2.03. The van der Waals surface area contributed by atoms with E-state index >= 15 is 0 Å². The van der Waals surface area contributed by atoms with Gasteiger partial charge in [-0.05, 0) is 31.9 Å². The van der Waals surface area contributed by atoms with Gasteiger partial charge in [-0.2, -0.15) is 10.2 Å². The van der Waals surface area contributed by atoms with E-state index in [9.17, 15) is 4.79 Å². The smallest absolute Gasteiger partial charge is 0.169 e. The van der Waals surface area contributed by atoms with E-state index in [4.69, 9.17) is 0 Å². The summed E-state index contributed by atoms with van der Waals surface area (Å²) in [5.74, 6) is 0.112. The Morgan fingerprint density at radius 2 is 1.95 bits per heavy atom. The van der Waals surface area contributed by atoms with Crippen LogP contribution in [0.5, 0.6) is 0 Å².